The molecule has 0 N–H and O–H groups in total. The third-order valence-electron chi connectivity index (χ3n) is 3.79. The SMILES string of the molecule is COc1cc(C=C2C(=O)c3ccccc3C2=O)ccc1OC(=O)C(Cl)Cl. The van der Waals surface area contributed by atoms with E-state index >= 15 is 0 Å². The van der Waals surface area contributed by atoms with Crippen molar-refractivity contribution in [3.63, 3.8) is 0 Å². The second-order valence-corrected chi connectivity index (χ2v) is 6.49. The number of carbonyl (C=O) groups excluding carboxylic acids is 3. The molecule has 0 saturated heterocycles. The summed E-state index contributed by atoms with van der Waals surface area (Å²) in [5.41, 5.74) is 1.38. The van der Waals surface area contributed by atoms with E-state index in [0.717, 1.165) is 0 Å². The molecule has 0 heterocycles. The van der Waals surface area contributed by atoms with E-state index < -0.39 is 10.8 Å². The first-order chi connectivity index (χ1) is 12.4. The highest BCUT2D eigenvalue weighted by molar-refractivity contribution is 6.53. The number of rotatable bonds is 4. The summed E-state index contributed by atoms with van der Waals surface area (Å²) in [7, 11) is 1.39. The fraction of sp³-hybridized carbons (Fsp3) is 0.105. The lowest BCUT2D eigenvalue weighted by molar-refractivity contribution is -0.132. The number of hydrogen-bond acceptors (Lipinski definition) is 5. The van der Waals surface area contributed by atoms with Crippen LogP contribution < -0.4 is 9.47 Å². The number of ketones is 2. The zero-order valence-corrected chi connectivity index (χ0v) is 15.0. The minimum Gasteiger partial charge on any atom is -0.493 e. The van der Waals surface area contributed by atoms with Crippen LogP contribution in [0.25, 0.3) is 6.08 Å². The van der Waals surface area contributed by atoms with Crippen molar-refractivity contribution < 1.29 is 23.9 Å². The Morgan fingerprint density at radius 3 is 2.15 bits per heavy atom. The maximum Gasteiger partial charge on any atom is 0.344 e. The van der Waals surface area contributed by atoms with Crippen molar-refractivity contribution in [2.45, 2.75) is 4.84 Å². The molecule has 0 radical (unpaired) electrons. The van der Waals surface area contributed by atoms with Gasteiger partial charge in [-0.05, 0) is 23.8 Å². The Morgan fingerprint density at radius 2 is 1.62 bits per heavy atom. The van der Waals surface area contributed by atoms with Gasteiger partial charge in [0.05, 0.1) is 12.7 Å². The Balaban J connectivity index is 1.94. The Kier molecular flexibility index (Phi) is 5.11. The summed E-state index contributed by atoms with van der Waals surface area (Å²) in [6, 6.07) is 11.2. The molecular formula is C19H12Cl2O5. The van der Waals surface area contributed by atoms with E-state index in [1.807, 2.05) is 0 Å². The molecule has 0 aromatic heterocycles. The summed E-state index contributed by atoms with van der Waals surface area (Å²) in [6.07, 6.45) is 1.48. The molecule has 26 heavy (non-hydrogen) atoms. The lowest BCUT2D eigenvalue weighted by Gasteiger charge is -2.10. The van der Waals surface area contributed by atoms with Crippen LogP contribution in [0.5, 0.6) is 11.5 Å². The van der Waals surface area contributed by atoms with Crippen LogP contribution in [0.4, 0.5) is 0 Å². The molecule has 1 aliphatic rings. The van der Waals surface area contributed by atoms with Crippen LogP contribution >= 0.6 is 23.2 Å². The normalized spacial score (nSPS) is 13.0. The van der Waals surface area contributed by atoms with Crippen LogP contribution in [0.3, 0.4) is 0 Å². The fourth-order valence-corrected chi connectivity index (χ4v) is 2.67. The second kappa shape index (κ2) is 7.32. The molecule has 5 nitrogen and oxygen atoms in total. The number of Topliss-reactive ketones (excluding diaryl/α,β-unsaturated/α-hetero) is 2. The van der Waals surface area contributed by atoms with Gasteiger partial charge in [-0.15, -0.1) is 0 Å². The topological polar surface area (TPSA) is 69.7 Å². The Morgan fingerprint density at radius 1 is 1.00 bits per heavy atom. The smallest absolute Gasteiger partial charge is 0.344 e. The zero-order chi connectivity index (χ0) is 18.8. The van der Waals surface area contributed by atoms with Gasteiger partial charge in [0.2, 0.25) is 4.84 Å². The van der Waals surface area contributed by atoms with Crippen LogP contribution in [0.15, 0.2) is 48.0 Å². The van der Waals surface area contributed by atoms with Gasteiger partial charge < -0.3 is 9.47 Å². The average molecular weight is 391 g/mol. The second-order valence-electron chi connectivity index (χ2n) is 5.39. The summed E-state index contributed by atoms with van der Waals surface area (Å²) in [5.74, 6) is -1.14. The molecular weight excluding hydrogens is 379 g/mol. The van der Waals surface area contributed by atoms with Gasteiger partial charge in [0.25, 0.3) is 0 Å². The van der Waals surface area contributed by atoms with Crippen LogP contribution in [0.2, 0.25) is 0 Å². The molecule has 3 rings (SSSR count). The van der Waals surface area contributed by atoms with Gasteiger partial charge in [-0.2, -0.15) is 0 Å². The summed E-state index contributed by atoms with van der Waals surface area (Å²) in [5, 5.41) is 0. The Bertz CT molecular complexity index is 910. The number of allylic oxidation sites excluding steroid dienone is 1. The molecule has 7 heteroatoms. The third kappa shape index (κ3) is 3.36. The van der Waals surface area contributed by atoms with Gasteiger partial charge in [0, 0.05) is 11.1 Å². The zero-order valence-electron chi connectivity index (χ0n) is 13.5. The van der Waals surface area contributed by atoms with Gasteiger partial charge in [0.15, 0.2) is 23.1 Å². The highest BCUT2D eigenvalue weighted by atomic mass is 35.5. The van der Waals surface area contributed by atoms with Crippen molar-refractivity contribution in [1.82, 2.24) is 0 Å². The maximum atomic E-state index is 12.4. The number of methoxy groups -OCH3 is 1. The van der Waals surface area contributed by atoms with Gasteiger partial charge in [0.1, 0.15) is 0 Å². The predicted octanol–water partition coefficient (Wildman–Crippen LogP) is 3.87. The van der Waals surface area contributed by atoms with Crippen LogP contribution in [0.1, 0.15) is 26.3 Å². The summed E-state index contributed by atoms with van der Waals surface area (Å²) < 4.78 is 10.2. The Hall–Kier alpha value is -2.63. The minimum absolute atomic E-state index is 0.0691. The molecule has 0 saturated carbocycles. The Labute approximate surface area is 159 Å². The van der Waals surface area contributed by atoms with E-state index in [0.29, 0.717) is 16.7 Å². The molecule has 0 amide bonds. The standard InChI is InChI=1S/C19H12Cl2O5/c1-25-15-9-10(6-7-14(15)26-19(24)18(20)21)8-13-16(22)11-4-2-3-5-12(11)17(13)23/h2-9,18H,1H3. The maximum absolute atomic E-state index is 12.4. The highest BCUT2D eigenvalue weighted by Crippen LogP contribution is 2.32. The lowest BCUT2D eigenvalue weighted by Crippen LogP contribution is -2.16. The van der Waals surface area contributed by atoms with E-state index in [1.54, 1.807) is 30.3 Å². The van der Waals surface area contributed by atoms with E-state index in [1.165, 1.54) is 25.3 Å². The van der Waals surface area contributed by atoms with Crippen LogP contribution in [-0.4, -0.2) is 29.5 Å². The first-order valence-electron chi connectivity index (χ1n) is 7.50. The quantitative estimate of drug-likeness (QED) is 0.260. The van der Waals surface area contributed by atoms with E-state index in [2.05, 4.69) is 0 Å². The van der Waals surface area contributed by atoms with E-state index in [9.17, 15) is 14.4 Å². The molecule has 0 bridgehead atoms. The number of ether oxygens (including phenoxy) is 2. The molecule has 0 unspecified atom stereocenters. The van der Waals surface area contributed by atoms with Gasteiger partial charge >= 0.3 is 5.97 Å². The molecule has 1 aliphatic carbocycles. The van der Waals surface area contributed by atoms with E-state index in [-0.39, 0.29) is 28.6 Å². The first kappa shape index (κ1) is 18.2. The van der Waals surface area contributed by atoms with Crippen molar-refractivity contribution in [2.75, 3.05) is 7.11 Å². The molecule has 0 spiro atoms. The molecule has 2 aromatic rings. The van der Waals surface area contributed by atoms with Crippen molar-refractivity contribution in [3.05, 3.63) is 64.7 Å². The van der Waals surface area contributed by atoms with E-state index in [4.69, 9.17) is 32.7 Å². The van der Waals surface area contributed by atoms with Gasteiger partial charge in [-0.1, -0.05) is 53.5 Å². The lowest BCUT2D eigenvalue weighted by atomic mass is 10.1. The fourth-order valence-electron chi connectivity index (χ4n) is 2.58. The molecule has 132 valence electrons. The summed E-state index contributed by atoms with van der Waals surface area (Å²) in [6.45, 7) is 0. The molecule has 0 atom stereocenters. The third-order valence-corrected chi connectivity index (χ3v) is 4.15. The monoisotopic (exact) mass is 390 g/mol. The van der Waals surface area contributed by atoms with Crippen molar-refractivity contribution >= 4 is 46.8 Å². The highest BCUT2D eigenvalue weighted by Gasteiger charge is 2.32. The van der Waals surface area contributed by atoms with Crippen molar-refractivity contribution in [1.29, 1.82) is 0 Å². The molecule has 0 aliphatic heterocycles. The number of hydrogen-bond donors (Lipinski definition) is 0. The number of halogens is 2. The van der Waals surface area contributed by atoms with Crippen LogP contribution in [0, 0.1) is 0 Å². The minimum atomic E-state index is -1.33. The number of carbonyl (C=O) groups is 3. The largest absolute Gasteiger partial charge is 0.493 e. The van der Waals surface area contributed by atoms with Gasteiger partial charge in [-0.3, -0.25) is 9.59 Å². The summed E-state index contributed by atoms with van der Waals surface area (Å²) >= 11 is 10.9. The number of fused-ring (bicyclic) bond motifs is 1. The molecule has 0 fully saturated rings. The first-order valence-corrected chi connectivity index (χ1v) is 8.37. The average Bonchev–Trinajstić information content (AvgIpc) is 2.88. The number of alkyl halides is 2. The summed E-state index contributed by atoms with van der Waals surface area (Å²) in [4.78, 5) is 35.1. The number of benzene rings is 2. The number of esters is 1. The van der Waals surface area contributed by atoms with Crippen LogP contribution in [-0.2, 0) is 4.79 Å². The van der Waals surface area contributed by atoms with Crippen molar-refractivity contribution in [3.8, 4) is 11.5 Å². The van der Waals surface area contributed by atoms with Gasteiger partial charge in [-0.25, -0.2) is 4.79 Å². The van der Waals surface area contributed by atoms with Crippen molar-refractivity contribution in [2.24, 2.45) is 0 Å². The predicted molar refractivity (Wildman–Crippen MR) is 97.2 cm³/mol. The molecule has 2 aromatic carbocycles.